The Balaban J connectivity index is 4.92. The van der Waals surface area contributed by atoms with E-state index in [1.54, 1.807) is 0 Å². The van der Waals surface area contributed by atoms with Crippen LogP contribution in [0.2, 0.25) is 0 Å². The zero-order chi connectivity index (χ0) is 12.1. The molecule has 0 bridgehead atoms. The van der Waals surface area contributed by atoms with Gasteiger partial charge in [-0.2, -0.15) is 0 Å². The van der Waals surface area contributed by atoms with Gasteiger partial charge >= 0.3 is 0 Å². The number of hydrogen-bond acceptors (Lipinski definition) is 1. The Morgan fingerprint density at radius 3 is 1.80 bits per heavy atom. The van der Waals surface area contributed by atoms with Crippen molar-refractivity contribution in [2.45, 2.75) is 54.4 Å². The Hall–Kier alpha value is -0.530. The number of carbonyl (C=O) groups is 1. The number of rotatable bonds is 6. The summed E-state index contributed by atoms with van der Waals surface area (Å²) in [7, 11) is 0. The molecule has 0 aliphatic carbocycles. The predicted molar refractivity (Wildman–Crippen MR) is 65.7 cm³/mol. The lowest BCUT2D eigenvalue weighted by Gasteiger charge is -2.38. The molecule has 0 saturated heterocycles. The minimum atomic E-state index is -0.223. The number of amides is 1. The van der Waals surface area contributed by atoms with Crippen LogP contribution in [0.1, 0.15) is 54.4 Å². The lowest BCUT2D eigenvalue weighted by Crippen LogP contribution is -2.47. The Morgan fingerprint density at radius 2 is 1.53 bits per heavy atom. The first-order valence-corrected chi connectivity index (χ1v) is 6.23. The molecule has 0 saturated carbocycles. The van der Waals surface area contributed by atoms with Gasteiger partial charge in [-0.05, 0) is 18.8 Å². The SMILES string of the molecule is CCNC(=O)C(C)(C(C)CC)C(C)CC. The Kier molecular flexibility index (Phi) is 5.92. The highest BCUT2D eigenvalue weighted by Crippen LogP contribution is 2.39. The van der Waals surface area contributed by atoms with Crippen LogP contribution in [0.4, 0.5) is 0 Å². The van der Waals surface area contributed by atoms with Gasteiger partial charge in [-0.3, -0.25) is 4.79 Å². The second kappa shape index (κ2) is 6.14. The molecule has 90 valence electrons. The van der Waals surface area contributed by atoms with E-state index < -0.39 is 0 Å². The molecule has 0 aromatic heterocycles. The van der Waals surface area contributed by atoms with E-state index >= 15 is 0 Å². The van der Waals surface area contributed by atoms with Crippen LogP contribution in [-0.4, -0.2) is 12.5 Å². The van der Waals surface area contributed by atoms with E-state index in [1.807, 2.05) is 6.92 Å². The zero-order valence-corrected chi connectivity index (χ0v) is 11.2. The fraction of sp³-hybridized carbons (Fsp3) is 0.923. The summed E-state index contributed by atoms with van der Waals surface area (Å²) in [5.41, 5.74) is -0.223. The van der Waals surface area contributed by atoms with E-state index in [0.717, 1.165) is 19.4 Å². The molecule has 0 heterocycles. The fourth-order valence-electron chi connectivity index (χ4n) is 2.13. The molecule has 15 heavy (non-hydrogen) atoms. The van der Waals surface area contributed by atoms with Crippen molar-refractivity contribution >= 4 is 5.91 Å². The molecule has 2 heteroatoms. The highest BCUT2D eigenvalue weighted by Gasteiger charge is 2.41. The van der Waals surface area contributed by atoms with Crippen molar-refractivity contribution in [3.63, 3.8) is 0 Å². The van der Waals surface area contributed by atoms with Gasteiger partial charge < -0.3 is 5.32 Å². The van der Waals surface area contributed by atoms with Crippen molar-refractivity contribution in [3.05, 3.63) is 0 Å². The van der Waals surface area contributed by atoms with Crippen molar-refractivity contribution in [2.24, 2.45) is 17.3 Å². The Morgan fingerprint density at radius 1 is 1.13 bits per heavy atom. The Bertz CT molecular complexity index is 191. The molecule has 2 unspecified atom stereocenters. The average molecular weight is 213 g/mol. The molecule has 0 aliphatic heterocycles. The maximum absolute atomic E-state index is 12.2. The summed E-state index contributed by atoms with van der Waals surface area (Å²) in [5.74, 6) is 1.08. The summed E-state index contributed by atoms with van der Waals surface area (Å²) in [4.78, 5) is 12.2. The summed E-state index contributed by atoms with van der Waals surface area (Å²) in [6.45, 7) is 13.5. The molecular weight excluding hydrogens is 186 g/mol. The molecule has 1 N–H and O–H groups in total. The van der Waals surface area contributed by atoms with Crippen LogP contribution in [0, 0.1) is 17.3 Å². The molecule has 0 aromatic carbocycles. The van der Waals surface area contributed by atoms with Gasteiger partial charge in [0.2, 0.25) is 5.91 Å². The Labute approximate surface area is 94.8 Å². The van der Waals surface area contributed by atoms with Crippen molar-refractivity contribution in [1.29, 1.82) is 0 Å². The third-order valence-electron chi connectivity index (χ3n) is 4.10. The lowest BCUT2D eigenvalue weighted by molar-refractivity contribution is -0.136. The maximum Gasteiger partial charge on any atom is 0.226 e. The molecule has 0 spiro atoms. The smallest absolute Gasteiger partial charge is 0.226 e. The molecule has 2 nitrogen and oxygen atoms in total. The van der Waals surface area contributed by atoms with E-state index in [0.29, 0.717) is 11.8 Å². The molecule has 0 rings (SSSR count). The molecule has 0 fully saturated rings. The van der Waals surface area contributed by atoms with Crippen LogP contribution in [0.5, 0.6) is 0 Å². The van der Waals surface area contributed by atoms with Crippen LogP contribution in [0.15, 0.2) is 0 Å². The van der Waals surface area contributed by atoms with E-state index in [1.165, 1.54) is 0 Å². The molecule has 2 atom stereocenters. The number of hydrogen-bond donors (Lipinski definition) is 1. The van der Waals surface area contributed by atoms with Gasteiger partial charge in [0, 0.05) is 6.54 Å². The lowest BCUT2D eigenvalue weighted by atomic mass is 9.66. The van der Waals surface area contributed by atoms with E-state index in [4.69, 9.17) is 0 Å². The second-order valence-electron chi connectivity index (χ2n) is 4.76. The molecular formula is C13H27NO. The third-order valence-corrected chi connectivity index (χ3v) is 4.10. The predicted octanol–water partition coefficient (Wildman–Crippen LogP) is 3.22. The van der Waals surface area contributed by atoms with Crippen LogP contribution < -0.4 is 5.32 Å². The maximum atomic E-state index is 12.2. The topological polar surface area (TPSA) is 29.1 Å². The van der Waals surface area contributed by atoms with Gasteiger partial charge in [0.25, 0.3) is 0 Å². The van der Waals surface area contributed by atoms with E-state index in [-0.39, 0.29) is 11.3 Å². The van der Waals surface area contributed by atoms with Gasteiger partial charge in [0.15, 0.2) is 0 Å². The van der Waals surface area contributed by atoms with Crippen molar-refractivity contribution in [1.82, 2.24) is 5.32 Å². The van der Waals surface area contributed by atoms with Crippen LogP contribution in [-0.2, 0) is 4.79 Å². The van der Waals surface area contributed by atoms with Gasteiger partial charge in [0.05, 0.1) is 5.41 Å². The normalized spacial score (nSPS) is 19.1. The van der Waals surface area contributed by atoms with Crippen molar-refractivity contribution in [2.75, 3.05) is 6.54 Å². The molecule has 0 radical (unpaired) electrons. The summed E-state index contributed by atoms with van der Waals surface area (Å²) in [6, 6.07) is 0. The van der Waals surface area contributed by atoms with Crippen molar-refractivity contribution in [3.8, 4) is 0 Å². The van der Waals surface area contributed by atoms with Gasteiger partial charge in [0.1, 0.15) is 0 Å². The van der Waals surface area contributed by atoms with Gasteiger partial charge in [-0.1, -0.05) is 47.5 Å². The molecule has 0 aliphatic rings. The van der Waals surface area contributed by atoms with E-state index in [9.17, 15) is 4.79 Å². The minimum absolute atomic E-state index is 0.216. The number of nitrogens with one attached hydrogen (secondary N) is 1. The highest BCUT2D eigenvalue weighted by atomic mass is 16.2. The second-order valence-corrected chi connectivity index (χ2v) is 4.76. The first-order valence-electron chi connectivity index (χ1n) is 6.23. The zero-order valence-electron chi connectivity index (χ0n) is 11.2. The fourth-order valence-corrected chi connectivity index (χ4v) is 2.13. The van der Waals surface area contributed by atoms with Gasteiger partial charge in [-0.25, -0.2) is 0 Å². The standard InChI is InChI=1S/C13H27NO/c1-7-10(4)13(6,11(5)8-2)12(15)14-9-3/h10-11H,7-9H2,1-6H3,(H,14,15). The summed E-state index contributed by atoms with van der Waals surface area (Å²) in [5, 5.41) is 2.98. The summed E-state index contributed by atoms with van der Waals surface area (Å²) < 4.78 is 0. The number of carbonyl (C=O) groups excluding carboxylic acids is 1. The monoisotopic (exact) mass is 213 g/mol. The highest BCUT2D eigenvalue weighted by molar-refractivity contribution is 5.82. The largest absolute Gasteiger partial charge is 0.356 e. The third kappa shape index (κ3) is 2.96. The average Bonchev–Trinajstić information content (AvgIpc) is 2.25. The van der Waals surface area contributed by atoms with Crippen LogP contribution in [0.25, 0.3) is 0 Å². The first-order chi connectivity index (χ1) is 6.94. The molecule has 1 amide bonds. The summed E-state index contributed by atoms with van der Waals surface area (Å²) >= 11 is 0. The van der Waals surface area contributed by atoms with Gasteiger partial charge in [-0.15, -0.1) is 0 Å². The first kappa shape index (κ1) is 14.5. The van der Waals surface area contributed by atoms with Crippen LogP contribution in [0.3, 0.4) is 0 Å². The summed E-state index contributed by atoms with van der Waals surface area (Å²) in [6.07, 6.45) is 2.11. The van der Waals surface area contributed by atoms with E-state index in [2.05, 4.69) is 39.9 Å². The van der Waals surface area contributed by atoms with Crippen LogP contribution >= 0.6 is 0 Å². The molecule has 0 aromatic rings. The minimum Gasteiger partial charge on any atom is -0.356 e. The quantitative estimate of drug-likeness (QED) is 0.721. The van der Waals surface area contributed by atoms with Crippen molar-refractivity contribution < 1.29 is 4.79 Å².